The SMILES string of the molecule is Cc1ccc(-n2nc(C)c3c(C(F)(F)F)cc(-c4ccc(OCc5ccccc5F)cc4)nc32)cc1. The Morgan fingerprint density at radius 1 is 0.889 bits per heavy atom. The third-order valence-electron chi connectivity index (χ3n) is 5.90. The van der Waals surface area contributed by atoms with Crippen molar-refractivity contribution < 1.29 is 22.3 Å². The number of hydrogen-bond donors (Lipinski definition) is 0. The maximum atomic E-state index is 14.1. The van der Waals surface area contributed by atoms with Gasteiger partial charge in [0.25, 0.3) is 0 Å². The summed E-state index contributed by atoms with van der Waals surface area (Å²) in [5.74, 6) is 0.0893. The molecule has 5 aromatic rings. The lowest BCUT2D eigenvalue weighted by molar-refractivity contribution is -0.136. The van der Waals surface area contributed by atoms with Crippen molar-refractivity contribution in [1.29, 1.82) is 0 Å². The van der Waals surface area contributed by atoms with Crippen molar-refractivity contribution in [2.75, 3.05) is 0 Å². The van der Waals surface area contributed by atoms with Crippen LogP contribution in [0.2, 0.25) is 0 Å². The van der Waals surface area contributed by atoms with Crippen molar-refractivity contribution in [2.45, 2.75) is 26.6 Å². The summed E-state index contributed by atoms with van der Waals surface area (Å²) < 4.78 is 63.2. The highest BCUT2D eigenvalue weighted by Crippen LogP contribution is 2.39. The number of aryl methyl sites for hydroxylation is 2. The average Bonchev–Trinajstić information content (AvgIpc) is 3.19. The highest BCUT2D eigenvalue weighted by molar-refractivity contribution is 5.87. The van der Waals surface area contributed by atoms with E-state index in [1.165, 1.54) is 10.7 Å². The number of nitrogens with zero attached hydrogens (tertiary/aromatic N) is 3. The molecule has 0 radical (unpaired) electrons. The third kappa shape index (κ3) is 4.54. The van der Waals surface area contributed by atoms with Gasteiger partial charge in [-0.3, -0.25) is 0 Å². The minimum atomic E-state index is -4.59. The lowest BCUT2D eigenvalue weighted by atomic mass is 10.0. The number of aromatic nitrogens is 3. The van der Waals surface area contributed by atoms with Crippen LogP contribution < -0.4 is 4.74 Å². The first-order valence-electron chi connectivity index (χ1n) is 11.2. The normalized spacial score (nSPS) is 11.7. The van der Waals surface area contributed by atoms with Crippen LogP contribution in [0.5, 0.6) is 5.75 Å². The minimum absolute atomic E-state index is 0.0309. The van der Waals surface area contributed by atoms with Crippen LogP contribution in [0.25, 0.3) is 28.0 Å². The van der Waals surface area contributed by atoms with Crippen LogP contribution in [0.4, 0.5) is 17.6 Å². The Kier molecular flexibility index (Phi) is 5.96. The van der Waals surface area contributed by atoms with Gasteiger partial charge in [-0.15, -0.1) is 0 Å². The van der Waals surface area contributed by atoms with Crippen LogP contribution in [0.1, 0.15) is 22.4 Å². The Morgan fingerprint density at radius 2 is 1.58 bits per heavy atom. The summed E-state index contributed by atoms with van der Waals surface area (Å²) >= 11 is 0. The second-order valence-electron chi connectivity index (χ2n) is 8.49. The fourth-order valence-electron chi connectivity index (χ4n) is 4.02. The highest BCUT2D eigenvalue weighted by atomic mass is 19.4. The molecule has 4 nitrogen and oxygen atoms in total. The van der Waals surface area contributed by atoms with Crippen molar-refractivity contribution in [1.82, 2.24) is 14.8 Å². The van der Waals surface area contributed by atoms with Gasteiger partial charge in [0.2, 0.25) is 0 Å². The van der Waals surface area contributed by atoms with Gasteiger partial charge in [-0.25, -0.2) is 14.1 Å². The molecule has 0 fully saturated rings. The standard InChI is InChI=1S/C28H21F4N3O/c1-17-7-11-21(12-8-17)35-27-26(18(2)34-35)23(28(30,31)32)15-25(33-27)19-9-13-22(14-10-19)36-16-20-5-3-4-6-24(20)29/h3-15H,16H2,1-2H3. The van der Waals surface area contributed by atoms with Crippen molar-refractivity contribution in [3.8, 4) is 22.7 Å². The van der Waals surface area contributed by atoms with Crippen LogP contribution in [-0.2, 0) is 12.8 Å². The molecular weight excluding hydrogens is 470 g/mol. The Balaban J connectivity index is 1.54. The van der Waals surface area contributed by atoms with Gasteiger partial charge in [0.05, 0.1) is 28.0 Å². The van der Waals surface area contributed by atoms with Crippen LogP contribution >= 0.6 is 0 Å². The molecule has 0 saturated carbocycles. The predicted molar refractivity (Wildman–Crippen MR) is 130 cm³/mol. The molecule has 0 saturated heterocycles. The topological polar surface area (TPSA) is 39.9 Å². The summed E-state index contributed by atoms with van der Waals surface area (Å²) in [6.07, 6.45) is -4.59. The molecule has 2 aromatic heterocycles. The predicted octanol–water partition coefficient (Wildman–Crippen LogP) is 7.44. The van der Waals surface area contributed by atoms with E-state index in [1.54, 1.807) is 61.5 Å². The number of halogens is 4. The van der Waals surface area contributed by atoms with Crippen LogP contribution in [0.3, 0.4) is 0 Å². The summed E-state index contributed by atoms with van der Waals surface area (Å²) in [6.45, 7) is 3.51. The fraction of sp³-hybridized carbons (Fsp3) is 0.143. The maximum Gasteiger partial charge on any atom is 0.417 e. The molecule has 5 rings (SSSR count). The highest BCUT2D eigenvalue weighted by Gasteiger charge is 2.35. The zero-order valence-electron chi connectivity index (χ0n) is 19.5. The van der Waals surface area contributed by atoms with Crippen molar-refractivity contribution in [2.24, 2.45) is 0 Å². The van der Waals surface area contributed by atoms with Gasteiger partial charge >= 0.3 is 6.18 Å². The number of rotatable bonds is 5. The van der Waals surface area contributed by atoms with Crippen molar-refractivity contribution >= 4 is 11.0 Å². The molecule has 0 amide bonds. The van der Waals surface area contributed by atoms with E-state index in [-0.39, 0.29) is 34.8 Å². The monoisotopic (exact) mass is 491 g/mol. The first-order chi connectivity index (χ1) is 17.2. The summed E-state index contributed by atoms with van der Waals surface area (Å²) in [5.41, 5.74) is 2.26. The van der Waals surface area contributed by atoms with E-state index in [0.29, 0.717) is 22.6 Å². The van der Waals surface area contributed by atoms with Gasteiger partial charge in [0, 0.05) is 11.1 Å². The summed E-state index contributed by atoms with van der Waals surface area (Å²) in [6, 6.07) is 21.2. The lowest BCUT2D eigenvalue weighted by Crippen LogP contribution is -2.08. The second kappa shape index (κ2) is 9.11. The van der Waals surface area contributed by atoms with Gasteiger partial charge in [-0.1, -0.05) is 35.9 Å². The molecule has 182 valence electrons. The number of pyridine rings is 1. The zero-order chi connectivity index (χ0) is 25.4. The molecule has 0 aliphatic heterocycles. The number of fused-ring (bicyclic) bond motifs is 1. The largest absolute Gasteiger partial charge is 0.489 e. The number of ether oxygens (including phenoxy) is 1. The Morgan fingerprint density at radius 3 is 2.25 bits per heavy atom. The van der Waals surface area contributed by atoms with E-state index in [4.69, 9.17) is 4.74 Å². The van der Waals surface area contributed by atoms with E-state index < -0.39 is 11.7 Å². The second-order valence-corrected chi connectivity index (χ2v) is 8.49. The van der Waals surface area contributed by atoms with Gasteiger partial charge in [-0.2, -0.15) is 18.3 Å². The van der Waals surface area contributed by atoms with E-state index in [9.17, 15) is 17.6 Å². The van der Waals surface area contributed by atoms with Crippen molar-refractivity contribution in [3.63, 3.8) is 0 Å². The van der Waals surface area contributed by atoms with Gasteiger partial charge in [0.1, 0.15) is 18.2 Å². The minimum Gasteiger partial charge on any atom is -0.489 e. The van der Waals surface area contributed by atoms with Gasteiger partial charge < -0.3 is 4.74 Å². The van der Waals surface area contributed by atoms with E-state index in [0.717, 1.165) is 11.6 Å². The molecule has 0 atom stereocenters. The Labute approximate surface area is 204 Å². The molecule has 8 heteroatoms. The smallest absolute Gasteiger partial charge is 0.417 e. The van der Waals surface area contributed by atoms with E-state index >= 15 is 0 Å². The summed E-state index contributed by atoms with van der Waals surface area (Å²) in [5, 5.41) is 4.35. The molecule has 0 spiro atoms. The molecular formula is C28H21F4N3O. The quantitative estimate of drug-likeness (QED) is 0.240. The van der Waals surface area contributed by atoms with E-state index in [2.05, 4.69) is 10.1 Å². The van der Waals surface area contributed by atoms with Crippen LogP contribution in [0, 0.1) is 19.7 Å². The molecule has 0 aliphatic carbocycles. The fourth-order valence-corrected chi connectivity index (χ4v) is 4.02. The zero-order valence-corrected chi connectivity index (χ0v) is 19.5. The van der Waals surface area contributed by atoms with E-state index in [1.807, 2.05) is 19.1 Å². The molecule has 3 aromatic carbocycles. The van der Waals surface area contributed by atoms with Crippen molar-refractivity contribution in [3.05, 3.63) is 107 Å². The first kappa shape index (κ1) is 23.5. The first-order valence-corrected chi connectivity index (χ1v) is 11.2. The van der Waals surface area contributed by atoms with Crippen LogP contribution in [0.15, 0.2) is 78.9 Å². The summed E-state index contributed by atoms with van der Waals surface area (Å²) in [7, 11) is 0. The number of benzene rings is 3. The average molecular weight is 491 g/mol. The lowest BCUT2D eigenvalue weighted by Gasteiger charge is -2.12. The third-order valence-corrected chi connectivity index (χ3v) is 5.90. The molecule has 0 unspecified atom stereocenters. The molecule has 2 heterocycles. The number of alkyl halides is 3. The van der Waals surface area contributed by atoms with Gasteiger partial charge in [0.15, 0.2) is 5.65 Å². The molecule has 36 heavy (non-hydrogen) atoms. The molecule has 0 bridgehead atoms. The maximum absolute atomic E-state index is 14.1. The summed E-state index contributed by atoms with van der Waals surface area (Å²) in [4.78, 5) is 4.58. The Bertz CT molecular complexity index is 1540. The molecule has 0 N–H and O–H groups in total. The molecule has 0 aliphatic rings. The van der Waals surface area contributed by atoms with Crippen LogP contribution in [-0.4, -0.2) is 14.8 Å². The van der Waals surface area contributed by atoms with Gasteiger partial charge in [-0.05, 0) is 62.4 Å². The number of hydrogen-bond acceptors (Lipinski definition) is 3. The Hall–Kier alpha value is -4.20.